The minimum absolute atomic E-state index is 0.176. The van der Waals surface area contributed by atoms with Crippen molar-refractivity contribution in [1.29, 1.82) is 0 Å². The van der Waals surface area contributed by atoms with Gasteiger partial charge in [0.05, 0.1) is 0 Å². The maximum atomic E-state index is 12.8. The maximum absolute atomic E-state index is 12.8. The molecule has 1 amide bonds. The molecule has 0 saturated heterocycles. The molecule has 0 fully saturated rings. The zero-order valence-electron chi connectivity index (χ0n) is 12.8. The number of thioether (sulfide) groups is 1. The molecule has 24 heavy (non-hydrogen) atoms. The fourth-order valence-electron chi connectivity index (χ4n) is 1.87. The molecule has 2 rings (SSSR count). The van der Waals surface area contributed by atoms with Gasteiger partial charge in [0.25, 0.3) is 0 Å². The molecule has 126 valence electrons. The third-order valence-corrected chi connectivity index (χ3v) is 4.71. The third kappa shape index (κ3) is 6.56. The lowest BCUT2D eigenvalue weighted by Gasteiger charge is -2.05. The van der Waals surface area contributed by atoms with Crippen LogP contribution in [0.3, 0.4) is 0 Å². The lowest BCUT2D eigenvalue weighted by Crippen LogP contribution is -2.23. The van der Waals surface area contributed by atoms with Crippen LogP contribution in [0, 0.1) is 5.82 Å². The van der Waals surface area contributed by atoms with E-state index in [0.29, 0.717) is 16.6 Å². The van der Waals surface area contributed by atoms with E-state index >= 15 is 0 Å². The van der Waals surface area contributed by atoms with Crippen LogP contribution in [0.4, 0.5) is 4.39 Å². The highest BCUT2D eigenvalue weighted by atomic mass is 35.5. The van der Waals surface area contributed by atoms with Crippen molar-refractivity contribution in [2.24, 2.45) is 0 Å². The van der Waals surface area contributed by atoms with Crippen LogP contribution >= 0.6 is 35.0 Å². The van der Waals surface area contributed by atoms with Crippen LogP contribution < -0.4 is 5.32 Å². The normalized spacial score (nSPS) is 11.0. The summed E-state index contributed by atoms with van der Waals surface area (Å²) in [4.78, 5) is 11.7. The summed E-state index contributed by atoms with van der Waals surface area (Å²) in [5, 5.41) is 4.07. The molecule has 0 saturated carbocycles. The summed E-state index contributed by atoms with van der Waals surface area (Å²) < 4.78 is 12.8. The Kier molecular flexibility index (Phi) is 7.63. The minimum Gasteiger partial charge on any atom is -0.352 e. The topological polar surface area (TPSA) is 29.1 Å². The van der Waals surface area contributed by atoms with Gasteiger partial charge >= 0.3 is 0 Å². The fraction of sp³-hybridized carbons (Fsp3) is 0.167. The largest absolute Gasteiger partial charge is 0.352 e. The monoisotopic (exact) mass is 383 g/mol. The van der Waals surface area contributed by atoms with Gasteiger partial charge in [-0.05, 0) is 41.5 Å². The molecule has 1 N–H and O–H groups in total. The summed E-state index contributed by atoms with van der Waals surface area (Å²) in [6, 6.07) is 11.4. The van der Waals surface area contributed by atoms with E-state index in [-0.39, 0.29) is 11.7 Å². The van der Waals surface area contributed by atoms with Crippen molar-refractivity contribution in [2.75, 3.05) is 12.3 Å². The van der Waals surface area contributed by atoms with Gasteiger partial charge in [0.15, 0.2) is 0 Å². The van der Waals surface area contributed by atoms with Gasteiger partial charge in [-0.3, -0.25) is 4.79 Å². The number of hydrogen-bond donors (Lipinski definition) is 1. The molecule has 0 aromatic heterocycles. The molecule has 0 heterocycles. The van der Waals surface area contributed by atoms with Crippen molar-refractivity contribution in [3.05, 3.63) is 75.5 Å². The molecule has 2 aromatic rings. The highest BCUT2D eigenvalue weighted by molar-refractivity contribution is 7.98. The zero-order valence-corrected chi connectivity index (χ0v) is 15.1. The molecule has 0 unspecified atom stereocenters. The van der Waals surface area contributed by atoms with Crippen LogP contribution in [0.1, 0.15) is 11.1 Å². The number of carbonyl (C=O) groups excluding carboxylic acids is 1. The maximum Gasteiger partial charge on any atom is 0.244 e. The zero-order chi connectivity index (χ0) is 17.4. The number of benzene rings is 2. The van der Waals surface area contributed by atoms with E-state index in [1.54, 1.807) is 36.0 Å². The number of amides is 1. The average Bonchev–Trinajstić information content (AvgIpc) is 2.56. The molecule has 2 nitrogen and oxygen atoms in total. The van der Waals surface area contributed by atoms with Crippen molar-refractivity contribution < 1.29 is 9.18 Å². The molecular formula is C18H16Cl2FNOS. The van der Waals surface area contributed by atoms with Gasteiger partial charge in [-0.25, -0.2) is 4.39 Å². The first-order valence-corrected chi connectivity index (χ1v) is 9.19. The molecule has 2 aromatic carbocycles. The lowest BCUT2D eigenvalue weighted by atomic mass is 10.2. The summed E-state index contributed by atoms with van der Waals surface area (Å²) in [7, 11) is 0. The number of hydrogen-bond acceptors (Lipinski definition) is 2. The Morgan fingerprint density at radius 1 is 1.17 bits per heavy atom. The standard InChI is InChI=1S/C18H16Cl2FNOS/c19-15-5-4-14(17(20)11-15)12-24-10-9-22-18(23)8-3-13-1-6-16(21)7-2-13/h1-8,11H,9-10,12H2,(H,22,23). The van der Waals surface area contributed by atoms with Crippen molar-refractivity contribution in [2.45, 2.75) is 5.75 Å². The van der Waals surface area contributed by atoms with E-state index in [0.717, 1.165) is 22.6 Å². The Bertz CT molecular complexity index is 719. The second-order valence-corrected chi connectivity index (χ2v) is 6.91. The van der Waals surface area contributed by atoms with Crippen LogP contribution in [0.25, 0.3) is 6.08 Å². The molecule has 0 atom stereocenters. The van der Waals surface area contributed by atoms with Crippen LogP contribution in [0.15, 0.2) is 48.5 Å². The Balaban J connectivity index is 1.66. The van der Waals surface area contributed by atoms with Gasteiger partial charge in [0, 0.05) is 34.2 Å². The summed E-state index contributed by atoms with van der Waals surface area (Å²) >= 11 is 13.6. The van der Waals surface area contributed by atoms with Gasteiger partial charge in [-0.15, -0.1) is 0 Å². The Morgan fingerprint density at radius 3 is 2.62 bits per heavy atom. The van der Waals surface area contributed by atoms with Crippen LogP contribution in [0.2, 0.25) is 10.0 Å². The Hall–Kier alpha value is -1.49. The minimum atomic E-state index is -0.297. The van der Waals surface area contributed by atoms with Gasteiger partial charge in [-0.2, -0.15) is 11.8 Å². The van der Waals surface area contributed by atoms with E-state index in [1.165, 1.54) is 18.2 Å². The number of carbonyl (C=O) groups is 1. The number of nitrogens with one attached hydrogen (secondary N) is 1. The molecule has 0 aliphatic carbocycles. The highest BCUT2D eigenvalue weighted by Gasteiger charge is 2.02. The quantitative estimate of drug-likeness (QED) is 0.526. The van der Waals surface area contributed by atoms with E-state index in [4.69, 9.17) is 23.2 Å². The van der Waals surface area contributed by atoms with Gasteiger partial charge in [0.1, 0.15) is 5.82 Å². The van der Waals surface area contributed by atoms with Crippen molar-refractivity contribution in [1.82, 2.24) is 5.32 Å². The molecule has 0 spiro atoms. The molecule has 6 heteroatoms. The first-order valence-electron chi connectivity index (χ1n) is 7.28. The molecular weight excluding hydrogens is 368 g/mol. The predicted octanol–water partition coefficient (Wildman–Crippen LogP) is 5.20. The van der Waals surface area contributed by atoms with Crippen LogP contribution in [-0.2, 0) is 10.5 Å². The van der Waals surface area contributed by atoms with E-state index in [1.807, 2.05) is 12.1 Å². The smallest absolute Gasteiger partial charge is 0.244 e. The summed E-state index contributed by atoms with van der Waals surface area (Å²) in [6.07, 6.45) is 3.09. The van der Waals surface area contributed by atoms with Crippen LogP contribution in [0.5, 0.6) is 0 Å². The van der Waals surface area contributed by atoms with Crippen molar-refractivity contribution >= 4 is 46.9 Å². The summed E-state index contributed by atoms with van der Waals surface area (Å²) in [5.41, 5.74) is 1.80. The predicted molar refractivity (Wildman–Crippen MR) is 101 cm³/mol. The van der Waals surface area contributed by atoms with E-state index < -0.39 is 0 Å². The second kappa shape index (κ2) is 9.72. The van der Waals surface area contributed by atoms with Gasteiger partial charge in [0.2, 0.25) is 5.91 Å². The average molecular weight is 384 g/mol. The van der Waals surface area contributed by atoms with Crippen molar-refractivity contribution in [3.63, 3.8) is 0 Å². The summed E-state index contributed by atoms with van der Waals surface area (Å²) in [5.74, 6) is 1.06. The first kappa shape index (κ1) is 18.8. The van der Waals surface area contributed by atoms with Gasteiger partial charge in [-0.1, -0.05) is 41.4 Å². The number of halogens is 3. The van der Waals surface area contributed by atoms with Crippen molar-refractivity contribution in [3.8, 4) is 0 Å². The first-order chi connectivity index (χ1) is 11.5. The fourth-order valence-corrected chi connectivity index (χ4v) is 3.29. The summed E-state index contributed by atoms with van der Waals surface area (Å²) in [6.45, 7) is 0.558. The van der Waals surface area contributed by atoms with E-state index in [9.17, 15) is 9.18 Å². The Morgan fingerprint density at radius 2 is 1.92 bits per heavy atom. The lowest BCUT2D eigenvalue weighted by molar-refractivity contribution is -0.116. The third-order valence-electron chi connectivity index (χ3n) is 3.12. The van der Waals surface area contributed by atoms with E-state index in [2.05, 4.69) is 5.32 Å². The Labute approximate surface area is 155 Å². The molecule has 0 aliphatic heterocycles. The van der Waals surface area contributed by atoms with Gasteiger partial charge < -0.3 is 5.32 Å². The SMILES string of the molecule is O=C(C=Cc1ccc(F)cc1)NCCSCc1ccc(Cl)cc1Cl. The second-order valence-electron chi connectivity index (χ2n) is 4.96. The molecule has 0 radical (unpaired) electrons. The highest BCUT2D eigenvalue weighted by Crippen LogP contribution is 2.24. The molecule has 0 aliphatic rings. The number of rotatable bonds is 7. The van der Waals surface area contributed by atoms with Crippen LogP contribution in [-0.4, -0.2) is 18.2 Å². The molecule has 0 bridgehead atoms.